The van der Waals surface area contributed by atoms with Crippen LogP contribution in [0.5, 0.6) is 0 Å². The van der Waals surface area contributed by atoms with Crippen LogP contribution >= 0.6 is 0 Å². The van der Waals surface area contributed by atoms with Crippen molar-refractivity contribution in [3.05, 3.63) is 112 Å². The molecule has 0 spiro atoms. The van der Waals surface area contributed by atoms with E-state index in [1.54, 1.807) is 22.9 Å². The Morgan fingerprint density at radius 1 is 0.931 bits per heavy atom. The first-order valence-corrected chi connectivity index (χ1v) is 9.57. The SMILES string of the molecule is Cc1ccc(NC(=O)c2cccn(Cc3cccc4ccccc34)c2=O)c(C)c1. The Bertz CT molecular complexity index is 1270. The largest absolute Gasteiger partial charge is 0.322 e. The van der Waals surface area contributed by atoms with E-state index < -0.39 is 5.91 Å². The van der Waals surface area contributed by atoms with E-state index in [2.05, 4.69) is 17.4 Å². The molecule has 4 aromatic rings. The molecule has 0 fully saturated rings. The van der Waals surface area contributed by atoms with E-state index in [1.807, 2.05) is 62.4 Å². The number of carbonyl (C=O) groups excluding carboxylic acids is 1. The molecule has 0 saturated carbocycles. The van der Waals surface area contributed by atoms with Crippen molar-refractivity contribution in [3.63, 3.8) is 0 Å². The van der Waals surface area contributed by atoms with Crippen LogP contribution in [-0.2, 0) is 6.54 Å². The van der Waals surface area contributed by atoms with E-state index in [0.29, 0.717) is 12.2 Å². The van der Waals surface area contributed by atoms with Gasteiger partial charge in [0.1, 0.15) is 5.56 Å². The van der Waals surface area contributed by atoms with Crippen LogP contribution in [0.1, 0.15) is 27.0 Å². The van der Waals surface area contributed by atoms with Crippen molar-refractivity contribution in [3.8, 4) is 0 Å². The lowest BCUT2D eigenvalue weighted by Gasteiger charge is -2.12. The predicted octanol–water partition coefficient (Wildman–Crippen LogP) is 4.92. The van der Waals surface area contributed by atoms with Gasteiger partial charge in [-0.05, 0) is 53.9 Å². The summed E-state index contributed by atoms with van der Waals surface area (Å²) in [7, 11) is 0. The highest BCUT2D eigenvalue weighted by molar-refractivity contribution is 6.04. The minimum Gasteiger partial charge on any atom is -0.322 e. The second kappa shape index (κ2) is 7.76. The van der Waals surface area contributed by atoms with Gasteiger partial charge >= 0.3 is 0 Å². The molecule has 0 saturated heterocycles. The number of rotatable bonds is 4. The summed E-state index contributed by atoms with van der Waals surface area (Å²) in [6, 6.07) is 23.2. The number of carbonyl (C=O) groups is 1. The zero-order valence-electron chi connectivity index (χ0n) is 16.5. The monoisotopic (exact) mass is 382 g/mol. The van der Waals surface area contributed by atoms with Gasteiger partial charge in [0.15, 0.2) is 0 Å². The number of amides is 1. The predicted molar refractivity (Wildman–Crippen MR) is 118 cm³/mol. The summed E-state index contributed by atoms with van der Waals surface area (Å²) in [4.78, 5) is 25.7. The molecule has 0 unspecified atom stereocenters. The molecule has 1 N–H and O–H groups in total. The Kier molecular flexibility index (Phi) is 5.00. The van der Waals surface area contributed by atoms with Gasteiger partial charge in [-0.25, -0.2) is 0 Å². The first-order chi connectivity index (χ1) is 14.0. The fourth-order valence-corrected chi connectivity index (χ4v) is 3.59. The molecule has 0 bridgehead atoms. The fraction of sp³-hybridized carbons (Fsp3) is 0.120. The van der Waals surface area contributed by atoms with Gasteiger partial charge in [0.2, 0.25) is 0 Å². The molecule has 4 heteroatoms. The lowest BCUT2D eigenvalue weighted by atomic mass is 10.0. The number of nitrogens with zero attached hydrogens (tertiary/aromatic N) is 1. The first-order valence-electron chi connectivity index (χ1n) is 9.57. The number of fused-ring (bicyclic) bond motifs is 1. The van der Waals surface area contributed by atoms with Crippen molar-refractivity contribution < 1.29 is 4.79 Å². The molecule has 0 aliphatic heterocycles. The molecule has 0 aliphatic rings. The molecule has 1 amide bonds. The van der Waals surface area contributed by atoms with Crippen LogP contribution in [-0.4, -0.2) is 10.5 Å². The summed E-state index contributed by atoms with van der Waals surface area (Å²) >= 11 is 0. The molecule has 1 aromatic heterocycles. The maximum atomic E-state index is 13.0. The van der Waals surface area contributed by atoms with Gasteiger partial charge in [-0.3, -0.25) is 9.59 Å². The highest BCUT2D eigenvalue weighted by atomic mass is 16.2. The molecular formula is C25H22N2O2. The Morgan fingerprint density at radius 2 is 1.72 bits per heavy atom. The third-order valence-corrected chi connectivity index (χ3v) is 5.12. The summed E-state index contributed by atoms with van der Waals surface area (Å²) in [5, 5.41) is 5.09. The Hall–Kier alpha value is -3.66. The zero-order chi connectivity index (χ0) is 20.4. The number of hydrogen-bond donors (Lipinski definition) is 1. The van der Waals surface area contributed by atoms with Crippen molar-refractivity contribution in [2.75, 3.05) is 5.32 Å². The molecule has 0 aliphatic carbocycles. The van der Waals surface area contributed by atoms with Crippen LogP contribution in [0.25, 0.3) is 10.8 Å². The van der Waals surface area contributed by atoms with Crippen LogP contribution in [0.4, 0.5) is 5.69 Å². The van der Waals surface area contributed by atoms with Gasteiger partial charge in [0.25, 0.3) is 11.5 Å². The second-order valence-electron chi connectivity index (χ2n) is 7.27. The van der Waals surface area contributed by atoms with Crippen molar-refractivity contribution in [1.82, 2.24) is 4.57 Å². The molecule has 3 aromatic carbocycles. The Balaban J connectivity index is 1.65. The average molecular weight is 382 g/mol. The van der Waals surface area contributed by atoms with E-state index in [4.69, 9.17) is 0 Å². The number of aromatic nitrogens is 1. The lowest BCUT2D eigenvalue weighted by molar-refractivity contribution is 0.102. The summed E-state index contributed by atoms with van der Waals surface area (Å²) in [6.45, 7) is 4.35. The Morgan fingerprint density at radius 3 is 2.55 bits per heavy atom. The summed E-state index contributed by atoms with van der Waals surface area (Å²) < 4.78 is 1.58. The number of benzene rings is 3. The lowest BCUT2D eigenvalue weighted by Crippen LogP contribution is -2.29. The van der Waals surface area contributed by atoms with Gasteiger partial charge in [0, 0.05) is 11.9 Å². The number of pyridine rings is 1. The fourth-order valence-electron chi connectivity index (χ4n) is 3.59. The highest BCUT2D eigenvalue weighted by Gasteiger charge is 2.14. The number of hydrogen-bond acceptors (Lipinski definition) is 2. The standard InChI is InChI=1S/C25H22N2O2/c1-17-12-13-23(18(2)15-17)26-24(28)22-11-6-14-27(25(22)29)16-20-9-5-8-19-7-3-4-10-21(19)20/h3-15H,16H2,1-2H3,(H,26,28). The van der Waals surface area contributed by atoms with Crippen molar-refractivity contribution in [1.29, 1.82) is 0 Å². The van der Waals surface area contributed by atoms with Crippen LogP contribution < -0.4 is 10.9 Å². The normalized spacial score (nSPS) is 10.8. The van der Waals surface area contributed by atoms with Gasteiger partial charge < -0.3 is 9.88 Å². The minimum atomic E-state index is -0.394. The van der Waals surface area contributed by atoms with Gasteiger partial charge in [-0.2, -0.15) is 0 Å². The van der Waals surface area contributed by atoms with Crippen LogP contribution in [0.2, 0.25) is 0 Å². The quantitative estimate of drug-likeness (QED) is 0.545. The second-order valence-corrected chi connectivity index (χ2v) is 7.27. The first kappa shape index (κ1) is 18.7. The summed E-state index contributed by atoms with van der Waals surface area (Å²) in [5.74, 6) is -0.394. The van der Waals surface area contributed by atoms with E-state index in [0.717, 1.165) is 27.5 Å². The maximum absolute atomic E-state index is 13.0. The maximum Gasteiger partial charge on any atom is 0.263 e. The van der Waals surface area contributed by atoms with Gasteiger partial charge in [-0.15, -0.1) is 0 Å². The Labute approximate surface area is 169 Å². The van der Waals surface area contributed by atoms with Gasteiger partial charge in [-0.1, -0.05) is 60.2 Å². The summed E-state index contributed by atoms with van der Waals surface area (Å²) in [5.41, 5.74) is 3.67. The van der Waals surface area contributed by atoms with E-state index in [1.165, 1.54) is 0 Å². The van der Waals surface area contributed by atoms with Crippen molar-refractivity contribution >= 4 is 22.4 Å². The topological polar surface area (TPSA) is 51.1 Å². The molecule has 4 nitrogen and oxygen atoms in total. The molecule has 29 heavy (non-hydrogen) atoms. The van der Waals surface area contributed by atoms with Crippen LogP contribution in [0, 0.1) is 13.8 Å². The molecule has 1 heterocycles. The third-order valence-electron chi connectivity index (χ3n) is 5.12. The molecule has 0 atom stereocenters. The third kappa shape index (κ3) is 3.83. The minimum absolute atomic E-state index is 0.132. The summed E-state index contributed by atoms with van der Waals surface area (Å²) in [6.07, 6.45) is 1.72. The van der Waals surface area contributed by atoms with Crippen molar-refractivity contribution in [2.45, 2.75) is 20.4 Å². The molecule has 4 rings (SSSR count). The average Bonchev–Trinajstić information content (AvgIpc) is 2.72. The molecular weight excluding hydrogens is 360 g/mol. The number of aryl methyl sites for hydroxylation is 2. The van der Waals surface area contributed by atoms with E-state index in [9.17, 15) is 9.59 Å². The zero-order valence-corrected chi connectivity index (χ0v) is 16.5. The number of nitrogens with one attached hydrogen (secondary N) is 1. The van der Waals surface area contributed by atoms with E-state index >= 15 is 0 Å². The molecule has 144 valence electrons. The van der Waals surface area contributed by atoms with E-state index in [-0.39, 0.29) is 11.1 Å². The van der Waals surface area contributed by atoms with Crippen LogP contribution in [0.3, 0.4) is 0 Å². The van der Waals surface area contributed by atoms with Crippen molar-refractivity contribution in [2.24, 2.45) is 0 Å². The van der Waals surface area contributed by atoms with Crippen LogP contribution in [0.15, 0.2) is 83.8 Å². The molecule has 0 radical (unpaired) electrons. The number of anilines is 1. The highest BCUT2D eigenvalue weighted by Crippen LogP contribution is 2.19. The van der Waals surface area contributed by atoms with Gasteiger partial charge in [0.05, 0.1) is 6.54 Å². The smallest absolute Gasteiger partial charge is 0.263 e.